The number of nitrogens with zero attached hydrogens (tertiary/aromatic N) is 2. The number of piperidine rings is 1. The molecular weight excluding hydrogens is 386 g/mol. The molecule has 4 nitrogen and oxygen atoms in total. The van der Waals surface area contributed by atoms with E-state index in [0.717, 1.165) is 48.8 Å². The predicted molar refractivity (Wildman–Crippen MR) is 119 cm³/mol. The first-order valence-corrected chi connectivity index (χ1v) is 11.7. The summed E-state index contributed by atoms with van der Waals surface area (Å²) in [5.41, 5.74) is 2.38. The van der Waals surface area contributed by atoms with Crippen molar-refractivity contribution in [3.63, 3.8) is 0 Å². The molecule has 1 aliphatic heterocycles. The van der Waals surface area contributed by atoms with Crippen molar-refractivity contribution in [3.05, 3.63) is 65.2 Å². The zero-order chi connectivity index (χ0) is 19.2. The molecule has 1 aliphatic rings. The van der Waals surface area contributed by atoms with Crippen LogP contribution < -0.4 is 5.32 Å². The smallest absolute Gasteiger partial charge is 0.230 e. The molecule has 146 valence electrons. The highest BCUT2D eigenvalue weighted by Gasteiger charge is 2.21. The minimum Gasteiger partial charge on any atom is -0.351 e. The number of nitrogens with one attached hydrogen (secondary N) is 1. The van der Waals surface area contributed by atoms with Gasteiger partial charge in [-0.05, 0) is 37.1 Å². The van der Waals surface area contributed by atoms with Gasteiger partial charge < -0.3 is 5.32 Å². The molecule has 6 heteroatoms. The van der Waals surface area contributed by atoms with E-state index in [1.807, 2.05) is 18.2 Å². The van der Waals surface area contributed by atoms with Crippen LogP contribution in [0.2, 0.25) is 0 Å². The van der Waals surface area contributed by atoms with Gasteiger partial charge in [0, 0.05) is 24.9 Å². The van der Waals surface area contributed by atoms with Crippen molar-refractivity contribution in [1.29, 1.82) is 0 Å². The molecule has 1 unspecified atom stereocenters. The normalized spacial score (nSPS) is 17.6. The van der Waals surface area contributed by atoms with Gasteiger partial charge in [-0.3, -0.25) is 9.69 Å². The summed E-state index contributed by atoms with van der Waals surface area (Å²) in [4.78, 5) is 19.4. The number of para-hydroxylation sites is 1. The van der Waals surface area contributed by atoms with Gasteiger partial charge in [-0.1, -0.05) is 42.5 Å². The number of benzene rings is 2. The maximum Gasteiger partial charge on any atom is 0.230 e. The third-order valence-electron chi connectivity index (χ3n) is 4.92. The van der Waals surface area contributed by atoms with Crippen LogP contribution in [0.5, 0.6) is 0 Å². The lowest BCUT2D eigenvalue weighted by Crippen LogP contribution is -2.47. The van der Waals surface area contributed by atoms with Crippen molar-refractivity contribution in [3.8, 4) is 0 Å². The van der Waals surface area contributed by atoms with E-state index >= 15 is 0 Å². The summed E-state index contributed by atoms with van der Waals surface area (Å²) in [7, 11) is 0. The molecule has 3 aromatic rings. The molecular formula is C22H25N3OS2. The van der Waals surface area contributed by atoms with Gasteiger partial charge in [0.2, 0.25) is 5.91 Å². The molecule has 0 saturated carbocycles. The highest BCUT2D eigenvalue weighted by molar-refractivity contribution is 7.99. The number of carbonyl (C=O) groups excluding carboxylic acids is 1. The molecule has 4 rings (SSSR count). The Bertz CT molecular complexity index is 879. The summed E-state index contributed by atoms with van der Waals surface area (Å²) in [5, 5.41) is 4.32. The van der Waals surface area contributed by atoms with Crippen LogP contribution in [0.3, 0.4) is 0 Å². The van der Waals surface area contributed by atoms with Crippen LogP contribution in [0, 0.1) is 0 Å². The third kappa shape index (κ3) is 5.34. The Kier molecular flexibility index (Phi) is 6.62. The average molecular weight is 412 g/mol. The third-order valence-corrected chi connectivity index (χ3v) is 7.08. The van der Waals surface area contributed by atoms with E-state index in [0.29, 0.717) is 5.75 Å². The second-order valence-electron chi connectivity index (χ2n) is 7.20. The number of likely N-dealkylation sites (tertiary alicyclic amines) is 1. The zero-order valence-corrected chi connectivity index (χ0v) is 17.5. The van der Waals surface area contributed by atoms with Gasteiger partial charge in [0.1, 0.15) is 5.01 Å². The standard InChI is InChI=1S/C22H25N3OS2/c26-21(15-27-16-22-24-19-10-4-5-11-20(19)28-22)23-18-9-6-12-25(14-18)13-17-7-2-1-3-8-17/h1-5,7-8,10-11,18H,6,9,12-16H2,(H,23,26). The maximum atomic E-state index is 12.4. The van der Waals surface area contributed by atoms with Crippen LogP contribution in [0.4, 0.5) is 0 Å². The van der Waals surface area contributed by atoms with Crippen LogP contribution in [0.25, 0.3) is 10.2 Å². The van der Waals surface area contributed by atoms with E-state index in [1.54, 1.807) is 23.1 Å². The average Bonchev–Trinajstić information content (AvgIpc) is 3.12. The van der Waals surface area contributed by atoms with Crippen molar-refractivity contribution < 1.29 is 4.79 Å². The molecule has 1 amide bonds. The number of rotatable bonds is 7. The molecule has 0 radical (unpaired) electrons. The first-order valence-electron chi connectivity index (χ1n) is 9.74. The lowest BCUT2D eigenvalue weighted by atomic mass is 10.0. The van der Waals surface area contributed by atoms with Crippen molar-refractivity contribution in [2.45, 2.75) is 31.2 Å². The second kappa shape index (κ2) is 9.54. The summed E-state index contributed by atoms with van der Waals surface area (Å²) in [6, 6.07) is 19.0. The van der Waals surface area contributed by atoms with Gasteiger partial charge in [-0.25, -0.2) is 4.98 Å². The number of hydrogen-bond acceptors (Lipinski definition) is 5. The first kappa shape index (κ1) is 19.4. The van der Waals surface area contributed by atoms with E-state index in [1.165, 1.54) is 10.3 Å². The Morgan fingerprint density at radius 2 is 2.00 bits per heavy atom. The van der Waals surface area contributed by atoms with Gasteiger partial charge in [0.25, 0.3) is 0 Å². The van der Waals surface area contributed by atoms with Gasteiger partial charge in [-0.2, -0.15) is 0 Å². The van der Waals surface area contributed by atoms with Crippen LogP contribution in [-0.4, -0.2) is 40.7 Å². The number of carbonyl (C=O) groups is 1. The number of amides is 1. The van der Waals surface area contributed by atoms with E-state index in [-0.39, 0.29) is 11.9 Å². The summed E-state index contributed by atoms with van der Waals surface area (Å²) < 4.78 is 1.21. The predicted octanol–water partition coefficient (Wildman–Crippen LogP) is 4.31. The molecule has 2 heterocycles. The van der Waals surface area contributed by atoms with E-state index < -0.39 is 0 Å². The quantitative estimate of drug-likeness (QED) is 0.629. The molecule has 28 heavy (non-hydrogen) atoms. The Labute approximate surface area is 174 Å². The Morgan fingerprint density at radius 3 is 2.86 bits per heavy atom. The largest absolute Gasteiger partial charge is 0.351 e. The lowest BCUT2D eigenvalue weighted by Gasteiger charge is -2.33. The van der Waals surface area contributed by atoms with Crippen molar-refractivity contribution in [2.75, 3.05) is 18.8 Å². The van der Waals surface area contributed by atoms with Crippen LogP contribution in [0.15, 0.2) is 54.6 Å². The number of thioether (sulfide) groups is 1. The molecule has 1 aromatic heterocycles. The number of aromatic nitrogens is 1. The molecule has 0 bridgehead atoms. The minimum atomic E-state index is 0.137. The molecule has 0 aliphatic carbocycles. The van der Waals surface area contributed by atoms with Crippen molar-refractivity contribution >= 4 is 39.2 Å². The fourth-order valence-corrected chi connectivity index (χ4v) is 5.50. The fraction of sp³-hybridized carbons (Fsp3) is 0.364. The topological polar surface area (TPSA) is 45.2 Å². The van der Waals surface area contributed by atoms with Crippen LogP contribution in [-0.2, 0) is 17.1 Å². The Balaban J connectivity index is 1.21. The number of fused-ring (bicyclic) bond motifs is 1. The molecule has 2 aromatic carbocycles. The summed E-state index contributed by atoms with van der Waals surface area (Å²) >= 11 is 3.36. The molecule has 1 N–H and O–H groups in total. The summed E-state index contributed by atoms with van der Waals surface area (Å²) in [6.07, 6.45) is 2.20. The number of thiazole rings is 1. The summed E-state index contributed by atoms with van der Waals surface area (Å²) in [6.45, 7) is 3.00. The highest BCUT2D eigenvalue weighted by atomic mass is 32.2. The maximum absolute atomic E-state index is 12.4. The Hall–Kier alpha value is -1.89. The van der Waals surface area contributed by atoms with Crippen LogP contribution >= 0.6 is 23.1 Å². The Morgan fingerprint density at radius 1 is 1.18 bits per heavy atom. The van der Waals surface area contributed by atoms with Crippen molar-refractivity contribution in [2.24, 2.45) is 0 Å². The van der Waals surface area contributed by atoms with Gasteiger partial charge >= 0.3 is 0 Å². The fourth-order valence-electron chi connectivity index (χ4n) is 3.64. The molecule has 1 saturated heterocycles. The monoisotopic (exact) mass is 411 g/mol. The second-order valence-corrected chi connectivity index (χ2v) is 9.30. The summed E-state index contributed by atoms with van der Waals surface area (Å²) in [5.74, 6) is 1.42. The van der Waals surface area contributed by atoms with Gasteiger partial charge in [0.05, 0.1) is 16.0 Å². The van der Waals surface area contributed by atoms with Crippen LogP contribution in [0.1, 0.15) is 23.4 Å². The van der Waals surface area contributed by atoms with E-state index in [4.69, 9.17) is 0 Å². The molecule has 0 spiro atoms. The molecule has 1 fully saturated rings. The lowest BCUT2D eigenvalue weighted by molar-refractivity contribution is -0.119. The molecule has 1 atom stereocenters. The van der Waals surface area contributed by atoms with Crippen molar-refractivity contribution in [1.82, 2.24) is 15.2 Å². The minimum absolute atomic E-state index is 0.137. The SMILES string of the molecule is O=C(CSCc1nc2ccccc2s1)NC1CCCN(Cc2ccccc2)C1. The van der Waals surface area contributed by atoms with Gasteiger partial charge in [-0.15, -0.1) is 23.1 Å². The van der Waals surface area contributed by atoms with E-state index in [2.05, 4.69) is 51.6 Å². The highest BCUT2D eigenvalue weighted by Crippen LogP contribution is 2.24. The number of hydrogen-bond donors (Lipinski definition) is 1. The zero-order valence-electron chi connectivity index (χ0n) is 15.8. The first-order chi connectivity index (χ1) is 13.8. The van der Waals surface area contributed by atoms with Gasteiger partial charge in [0.15, 0.2) is 0 Å². The van der Waals surface area contributed by atoms with E-state index in [9.17, 15) is 4.79 Å².